The smallest absolute Gasteiger partial charge is 0.277 e. The van der Waals surface area contributed by atoms with Crippen molar-refractivity contribution in [1.82, 2.24) is 4.98 Å². The molecule has 0 unspecified atom stereocenters. The number of phenolic OH excluding ortho intramolecular Hbond substituents is 1. The van der Waals surface area contributed by atoms with E-state index in [9.17, 15) is 9.90 Å². The molecular formula is C12H12N2O2S. The van der Waals surface area contributed by atoms with Gasteiger partial charge in [-0.2, -0.15) is 0 Å². The van der Waals surface area contributed by atoms with E-state index in [2.05, 4.69) is 4.98 Å². The summed E-state index contributed by atoms with van der Waals surface area (Å²) in [6, 6.07) is 6.47. The molecule has 0 aliphatic heterocycles. The number of hydrogen-bond donors (Lipinski definition) is 1. The van der Waals surface area contributed by atoms with Crippen molar-refractivity contribution in [2.75, 3.05) is 11.9 Å². The molecule has 1 N–H and O–H groups in total. The lowest BCUT2D eigenvalue weighted by Crippen LogP contribution is -2.26. The molecule has 17 heavy (non-hydrogen) atoms. The number of benzene rings is 1. The van der Waals surface area contributed by atoms with Gasteiger partial charge >= 0.3 is 0 Å². The van der Waals surface area contributed by atoms with Crippen molar-refractivity contribution in [2.45, 2.75) is 6.92 Å². The highest BCUT2D eigenvalue weighted by molar-refractivity contribution is 7.09. The number of aromatic hydroxyl groups is 1. The number of phenols is 1. The molecule has 0 spiro atoms. The third-order valence-corrected chi connectivity index (χ3v) is 3.15. The summed E-state index contributed by atoms with van der Waals surface area (Å²) in [5, 5.41) is 11.8. The molecule has 0 bridgehead atoms. The number of thiazole rings is 1. The molecule has 2 rings (SSSR count). The SMILES string of the molecule is Cc1nc(C(=O)N(C)c2ccc(O)cc2)cs1. The van der Waals surface area contributed by atoms with Crippen LogP contribution in [0.1, 0.15) is 15.5 Å². The summed E-state index contributed by atoms with van der Waals surface area (Å²) in [5.74, 6) is 0.0270. The highest BCUT2D eigenvalue weighted by atomic mass is 32.1. The third kappa shape index (κ3) is 2.45. The van der Waals surface area contributed by atoms with Crippen molar-refractivity contribution < 1.29 is 9.90 Å². The number of amides is 1. The molecule has 1 heterocycles. The van der Waals surface area contributed by atoms with E-state index in [0.29, 0.717) is 5.69 Å². The minimum atomic E-state index is -0.153. The summed E-state index contributed by atoms with van der Waals surface area (Å²) in [5.41, 5.74) is 1.17. The largest absolute Gasteiger partial charge is 0.508 e. The summed E-state index contributed by atoms with van der Waals surface area (Å²) in [6.45, 7) is 1.86. The number of aryl methyl sites for hydroxylation is 1. The van der Waals surface area contributed by atoms with Crippen LogP contribution in [-0.4, -0.2) is 23.0 Å². The molecule has 0 radical (unpaired) electrons. The molecule has 1 amide bonds. The van der Waals surface area contributed by atoms with Crippen molar-refractivity contribution >= 4 is 22.9 Å². The van der Waals surface area contributed by atoms with Crippen LogP contribution in [0.4, 0.5) is 5.69 Å². The van der Waals surface area contributed by atoms with Gasteiger partial charge in [-0.05, 0) is 31.2 Å². The van der Waals surface area contributed by atoms with E-state index in [1.807, 2.05) is 6.92 Å². The number of anilines is 1. The zero-order valence-corrected chi connectivity index (χ0v) is 10.4. The summed E-state index contributed by atoms with van der Waals surface area (Å²) >= 11 is 1.45. The Kier molecular flexibility index (Phi) is 3.10. The molecule has 0 saturated heterocycles. The van der Waals surface area contributed by atoms with Gasteiger partial charge in [-0.25, -0.2) is 4.98 Å². The van der Waals surface area contributed by atoms with Crippen LogP contribution in [0.5, 0.6) is 5.75 Å². The fourth-order valence-electron chi connectivity index (χ4n) is 1.43. The average molecular weight is 248 g/mol. The predicted octanol–water partition coefficient (Wildman–Crippen LogP) is 2.43. The molecule has 4 nitrogen and oxygen atoms in total. The van der Waals surface area contributed by atoms with E-state index in [0.717, 1.165) is 10.7 Å². The molecule has 2 aromatic rings. The summed E-state index contributed by atoms with van der Waals surface area (Å²) in [7, 11) is 1.68. The second-order valence-electron chi connectivity index (χ2n) is 3.63. The summed E-state index contributed by atoms with van der Waals surface area (Å²) in [6.07, 6.45) is 0. The van der Waals surface area contributed by atoms with Gasteiger partial charge in [-0.3, -0.25) is 4.79 Å². The number of nitrogens with zero attached hydrogens (tertiary/aromatic N) is 2. The Labute approximate surface area is 103 Å². The molecule has 5 heteroatoms. The van der Waals surface area contributed by atoms with Crippen LogP contribution in [0, 0.1) is 6.92 Å². The van der Waals surface area contributed by atoms with E-state index >= 15 is 0 Å². The summed E-state index contributed by atoms with van der Waals surface area (Å²) < 4.78 is 0. The van der Waals surface area contributed by atoms with Crippen molar-refractivity contribution in [1.29, 1.82) is 0 Å². The van der Waals surface area contributed by atoms with Gasteiger partial charge in [0.25, 0.3) is 5.91 Å². The topological polar surface area (TPSA) is 53.4 Å². The second-order valence-corrected chi connectivity index (χ2v) is 4.69. The number of aromatic nitrogens is 1. The maximum Gasteiger partial charge on any atom is 0.277 e. The molecule has 88 valence electrons. The van der Waals surface area contributed by atoms with Gasteiger partial charge in [0.1, 0.15) is 11.4 Å². The quantitative estimate of drug-likeness (QED) is 0.888. The lowest BCUT2D eigenvalue weighted by atomic mass is 10.2. The number of carbonyl (C=O) groups excluding carboxylic acids is 1. The molecule has 0 aliphatic rings. The van der Waals surface area contributed by atoms with Gasteiger partial charge < -0.3 is 10.0 Å². The number of rotatable bonds is 2. The number of carbonyl (C=O) groups is 1. The van der Waals surface area contributed by atoms with Crippen LogP contribution in [0.15, 0.2) is 29.6 Å². The molecule has 0 fully saturated rings. The number of hydrogen-bond acceptors (Lipinski definition) is 4. The summed E-state index contributed by atoms with van der Waals surface area (Å²) in [4.78, 5) is 17.7. The molecular weight excluding hydrogens is 236 g/mol. The predicted molar refractivity (Wildman–Crippen MR) is 67.7 cm³/mol. The maximum absolute atomic E-state index is 12.1. The Balaban J connectivity index is 2.23. The maximum atomic E-state index is 12.1. The van der Waals surface area contributed by atoms with Gasteiger partial charge in [0, 0.05) is 18.1 Å². The van der Waals surface area contributed by atoms with Crippen LogP contribution in [0.25, 0.3) is 0 Å². The van der Waals surface area contributed by atoms with Crippen molar-refractivity contribution in [3.05, 3.63) is 40.3 Å². The van der Waals surface area contributed by atoms with Crippen LogP contribution < -0.4 is 4.90 Å². The van der Waals surface area contributed by atoms with E-state index in [-0.39, 0.29) is 11.7 Å². The molecule has 1 aromatic heterocycles. The van der Waals surface area contributed by atoms with Gasteiger partial charge in [0.05, 0.1) is 5.01 Å². The van der Waals surface area contributed by atoms with Crippen LogP contribution in [0.3, 0.4) is 0 Å². The van der Waals surface area contributed by atoms with E-state index < -0.39 is 0 Å². The first-order chi connectivity index (χ1) is 8.08. The van der Waals surface area contributed by atoms with Crippen LogP contribution >= 0.6 is 11.3 Å². The Morgan fingerprint density at radius 1 is 1.35 bits per heavy atom. The average Bonchev–Trinajstić information content (AvgIpc) is 2.75. The highest BCUT2D eigenvalue weighted by Crippen LogP contribution is 2.19. The minimum absolute atomic E-state index is 0.153. The lowest BCUT2D eigenvalue weighted by molar-refractivity contribution is 0.0989. The monoisotopic (exact) mass is 248 g/mol. The van der Waals surface area contributed by atoms with E-state index in [4.69, 9.17) is 0 Å². The zero-order chi connectivity index (χ0) is 12.4. The second kappa shape index (κ2) is 4.55. The Hall–Kier alpha value is -1.88. The first kappa shape index (κ1) is 11.6. The fourth-order valence-corrected chi connectivity index (χ4v) is 2.01. The Bertz CT molecular complexity index is 534. The zero-order valence-electron chi connectivity index (χ0n) is 9.54. The first-order valence-electron chi connectivity index (χ1n) is 5.07. The Morgan fingerprint density at radius 3 is 2.53 bits per heavy atom. The van der Waals surface area contributed by atoms with E-state index in [1.54, 1.807) is 36.7 Å². The molecule has 0 atom stereocenters. The third-order valence-electron chi connectivity index (χ3n) is 2.38. The van der Waals surface area contributed by atoms with E-state index in [1.165, 1.54) is 16.2 Å². The van der Waals surface area contributed by atoms with Crippen LogP contribution in [0.2, 0.25) is 0 Å². The lowest BCUT2D eigenvalue weighted by Gasteiger charge is -2.15. The fraction of sp³-hybridized carbons (Fsp3) is 0.167. The molecule has 0 aliphatic carbocycles. The highest BCUT2D eigenvalue weighted by Gasteiger charge is 2.15. The van der Waals surface area contributed by atoms with Gasteiger partial charge in [-0.15, -0.1) is 11.3 Å². The van der Waals surface area contributed by atoms with Crippen molar-refractivity contribution in [2.24, 2.45) is 0 Å². The van der Waals surface area contributed by atoms with Gasteiger partial charge in [0.2, 0.25) is 0 Å². The van der Waals surface area contributed by atoms with Crippen molar-refractivity contribution in [3.63, 3.8) is 0 Å². The van der Waals surface area contributed by atoms with Gasteiger partial charge in [0.15, 0.2) is 0 Å². The normalized spacial score (nSPS) is 10.2. The van der Waals surface area contributed by atoms with Gasteiger partial charge in [-0.1, -0.05) is 0 Å². The molecule has 0 saturated carbocycles. The first-order valence-corrected chi connectivity index (χ1v) is 5.95. The standard InChI is InChI=1S/C12H12N2O2S/c1-8-13-11(7-17-8)12(16)14(2)9-3-5-10(15)6-4-9/h3-7,15H,1-2H3. The Morgan fingerprint density at radius 2 is 2.00 bits per heavy atom. The van der Waals surface area contributed by atoms with Crippen LogP contribution in [-0.2, 0) is 0 Å². The van der Waals surface area contributed by atoms with Crippen molar-refractivity contribution in [3.8, 4) is 5.75 Å². The minimum Gasteiger partial charge on any atom is -0.508 e. The molecule has 1 aromatic carbocycles.